The molecule has 5 nitrogen and oxygen atoms in total. The lowest BCUT2D eigenvalue weighted by Crippen LogP contribution is -2.43. The van der Waals surface area contributed by atoms with Crippen molar-refractivity contribution in [2.75, 3.05) is 26.1 Å². The van der Waals surface area contributed by atoms with Gasteiger partial charge >= 0.3 is 6.03 Å². The van der Waals surface area contributed by atoms with E-state index in [2.05, 4.69) is 17.4 Å². The molecule has 1 aliphatic rings. The van der Waals surface area contributed by atoms with Gasteiger partial charge in [0.25, 0.3) is 0 Å². The number of anilines is 1. The molecule has 0 aliphatic carbocycles. The van der Waals surface area contributed by atoms with Gasteiger partial charge in [0.15, 0.2) is 0 Å². The Kier molecular flexibility index (Phi) is 5.81. The number of fused-ring (bicyclic) bond motifs is 1. The van der Waals surface area contributed by atoms with E-state index in [9.17, 15) is 4.79 Å². The Morgan fingerprint density at radius 3 is 2.53 bits per heavy atom. The van der Waals surface area contributed by atoms with Crippen molar-refractivity contribution in [2.24, 2.45) is 0 Å². The number of halogens is 1. The maximum absolute atomic E-state index is 13.4. The van der Waals surface area contributed by atoms with Gasteiger partial charge in [0.05, 0.1) is 25.9 Å². The van der Waals surface area contributed by atoms with E-state index >= 15 is 0 Å². The number of urea groups is 1. The molecule has 1 atom stereocenters. The molecule has 0 saturated heterocycles. The molecule has 3 aromatic rings. The van der Waals surface area contributed by atoms with Crippen LogP contribution in [0.3, 0.4) is 0 Å². The van der Waals surface area contributed by atoms with Crippen LogP contribution < -0.4 is 14.8 Å². The van der Waals surface area contributed by atoms with Gasteiger partial charge in [0.2, 0.25) is 0 Å². The number of carbonyl (C=O) groups excluding carboxylic acids is 1. The molecular formula is C24H23ClN2O3. The van der Waals surface area contributed by atoms with Crippen molar-refractivity contribution in [3.63, 3.8) is 0 Å². The molecule has 0 spiro atoms. The summed E-state index contributed by atoms with van der Waals surface area (Å²) >= 11 is 6.10. The summed E-state index contributed by atoms with van der Waals surface area (Å²) in [6.07, 6.45) is 0.795. The predicted octanol–water partition coefficient (Wildman–Crippen LogP) is 5.54. The molecule has 154 valence electrons. The van der Waals surface area contributed by atoms with Gasteiger partial charge < -0.3 is 19.7 Å². The van der Waals surface area contributed by atoms with Gasteiger partial charge in [0.1, 0.15) is 11.5 Å². The third kappa shape index (κ3) is 3.94. The second-order valence-electron chi connectivity index (χ2n) is 7.09. The molecule has 1 aliphatic heterocycles. The molecule has 1 N–H and O–H groups in total. The molecular weight excluding hydrogens is 400 g/mol. The molecule has 0 unspecified atom stereocenters. The lowest BCUT2D eigenvalue weighted by molar-refractivity contribution is 0.194. The number of ether oxygens (including phenoxy) is 2. The van der Waals surface area contributed by atoms with Gasteiger partial charge in [-0.15, -0.1) is 0 Å². The minimum absolute atomic E-state index is 0.198. The summed E-state index contributed by atoms with van der Waals surface area (Å²) in [6.45, 7) is 0.600. The van der Waals surface area contributed by atoms with Gasteiger partial charge in [0, 0.05) is 17.6 Å². The van der Waals surface area contributed by atoms with Crippen molar-refractivity contribution in [2.45, 2.75) is 12.5 Å². The summed E-state index contributed by atoms with van der Waals surface area (Å²) in [5.74, 6) is 1.22. The smallest absolute Gasteiger partial charge is 0.322 e. The fourth-order valence-corrected chi connectivity index (χ4v) is 4.01. The average Bonchev–Trinajstić information content (AvgIpc) is 2.78. The summed E-state index contributed by atoms with van der Waals surface area (Å²) < 4.78 is 10.7. The highest BCUT2D eigenvalue weighted by atomic mass is 35.5. The van der Waals surface area contributed by atoms with Crippen LogP contribution in [0.2, 0.25) is 5.02 Å². The van der Waals surface area contributed by atoms with Crippen LogP contribution in [0.15, 0.2) is 66.7 Å². The second-order valence-corrected chi connectivity index (χ2v) is 7.53. The third-order valence-corrected chi connectivity index (χ3v) is 5.63. The Morgan fingerprint density at radius 2 is 1.80 bits per heavy atom. The standard InChI is InChI=1S/C24H23ClN2O3/c1-29-19-11-12-22(30-2)21(15-19)26-24(28)27-14-13-16-5-3-4-6-20(16)23(27)17-7-9-18(25)10-8-17/h3-12,15,23H,13-14H2,1-2H3,(H,26,28)/t23-/m1/s1. The van der Waals surface area contributed by atoms with Crippen molar-refractivity contribution >= 4 is 23.3 Å². The summed E-state index contributed by atoms with van der Waals surface area (Å²) in [6, 6.07) is 20.8. The molecule has 4 rings (SSSR count). The third-order valence-electron chi connectivity index (χ3n) is 5.38. The first-order valence-corrected chi connectivity index (χ1v) is 10.1. The maximum atomic E-state index is 13.4. The Hall–Kier alpha value is -3.18. The largest absolute Gasteiger partial charge is 0.497 e. The highest BCUT2D eigenvalue weighted by molar-refractivity contribution is 6.30. The van der Waals surface area contributed by atoms with E-state index in [1.54, 1.807) is 32.4 Å². The number of carbonyl (C=O) groups is 1. The average molecular weight is 423 g/mol. The first-order valence-electron chi connectivity index (χ1n) is 9.73. The van der Waals surface area contributed by atoms with Crippen LogP contribution in [0, 0.1) is 0 Å². The number of rotatable bonds is 4. The van der Waals surface area contributed by atoms with Crippen molar-refractivity contribution in [1.29, 1.82) is 0 Å². The van der Waals surface area contributed by atoms with Crippen LogP contribution in [0.1, 0.15) is 22.7 Å². The molecule has 0 bridgehead atoms. The Morgan fingerprint density at radius 1 is 1.03 bits per heavy atom. The molecule has 30 heavy (non-hydrogen) atoms. The van der Waals surface area contributed by atoms with Crippen molar-refractivity contribution in [3.8, 4) is 11.5 Å². The number of nitrogens with one attached hydrogen (secondary N) is 1. The number of hydrogen-bond donors (Lipinski definition) is 1. The summed E-state index contributed by atoms with van der Waals surface area (Å²) in [4.78, 5) is 15.2. The second kappa shape index (κ2) is 8.67. The number of methoxy groups -OCH3 is 2. The van der Waals surface area contributed by atoms with E-state index in [4.69, 9.17) is 21.1 Å². The van der Waals surface area contributed by atoms with Crippen LogP contribution in [-0.2, 0) is 6.42 Å². The minimum Gasteiger partial charge on any atom is -0.497 e. The number of benzene rings is 3. The minimum atomic E-state index is -0.205. The zero-order valence-electron chi connectivity index (χ0n) is 16.9. The normalized spacial score (nSPS) is 15.3. The lowest BCUT2D eigenvalue weighted by atomic mass is 9.88. The van der Waals surface area contributed by atoms with Crippen molar-refractivity contribution in [1.82, 2.24) is 4.90 Å². The highest BCUT2D eigenvalue weighted by Crippen LogP contribution is 2.37. The first-order chi connectivity index (χ1) is 14.6. The topological polar surface area (TPSA) is 50.8 Å². The summed E-state index contributed by atoms with van der Waals surface area (Å²) in [5.41, 5.74) is 3.95. The SMILES string of the molecule is COc1ccc(OC)c(NC(=O)N2CCc3ccccc3[C@H]2c2ccc(Cl)cc2)c1. The number of amides is 2. The van der Waals surface area contributed by atoms with Gasteiger partial charge in [-0.05, 0) is 47.4 Å². The van der Waals surface area contributed by atoms with Crippen LogP contribution in [0.4, 0.5) is 10.5 Å². The van der Waals surface area contributed by atoms with E-state index in [1.165, 1.54) is 5.56 Å². The Bertz CT molecular complexity index is 1050. The molecule has 0 radical (unpaired) electrons. The Labute approximate surface area is 181 Å². The molecule has 0 fully saturated rings. The van der Waals surface area contributed by atoms with Gasteiger partial charge in [-0.2, -0.15) is 0 Å². The van der Waals surface area contributed by atoms with Gasteiger partial charge in [-0.1, -0.05) is 48.0 Å². The predicted molar refractivity (Wildman–Crippen MR) is 119 cm³/mol. The molecule has 1 heterocycles. The van der Waals surface area contributed by atoms with E-state index < -0.39 is 0 Å². The molecule has 0 saturated carbocycles. The molecule has 0 aromatic heterocycles. The van der Waals surface area contributed by atoms with E-state index in [0.717, 1.165) is 17.5 Å². The highest BCUT2D eigenvalue weighted by Gasteiger charge is 2.32. The van der Waals surface area contributed by atoms with Crippen LogP contribution in [0.5, 0.6) is 11.5 Å². The van der Waals surface area contributed by atoms with Crippen molar-refractivity contribution in [3.05, 3.63) is 88.4 Å². The Balaban J connectivity index is 1.70. The van der Waals surface area contributed by atoms with Crippen molar-refractivity contribution < 1.29 is 14.3 Å². The monoisotopic (exact) mass is 422 g/mol. The van der Waals surface area contributed by atoms with Gasteiger partial charge in [-0.25, -0.2) is 4.79 Å². The van der Waals surface area contributed by atoms with Crippen LogP contribution >= 0.6 is 11.6 Å². The lowest BCUT2D eigenvalue weighted by Gasteiger charge is -2.37. The van der Waals surface area contributed by atoms with Crippen LogP contribution in [0.25, 0.3) is 0 Å². The van der Waals surface area contributed by atoms with Crippen LogP contribution in [-0.4, -0.2) is 31.7 Å². The fraction of sp³-hybridized carbons (Fsp3) is 0.208. The molecule has 2 amide bonds. The van der Waals surface area contributed by atoms with E-state index in [1.807, 2.05) is 41.3 Å². The fourth-order valence-electron chi connectivity index (χ4n) is 3.89. The zero-order valence-corrected chi connectivity index (χ0v) is 17.6. The molecule has 6 heteroatoms. The quantitative estimate of drug-likeness (QED) is 0.600. The number of nitrogens with zero attached hydrogens (tertiary/aromatic N) is 1. The summed E-state index contributed by atoms with van der Waals surface area (Å²) in [7, 11) is 3.16. The van der Waals surface area contributed by atoms with E-state index in [-0.39, 0.29) is 12.1 Å². The maximum Gasteiger partial charge on any atom is 0.322 e. The number of hydrogen-bond acceptors (Lipinski definition) is 3. The molecule has 3 aromatic carbocycles. The first kappa shape index (κ1) is 20.1. The van der Waals surface area contributed by atoms with Gasteiger partial charge in [-0.3, -0.25) is 0 Å². The zero-order chi connectivity index (χ0) is 21.1. The summed E-state index contributed by atoms with van der Waals surface area (Å²) in [5, 5.41) is 3.67. The van der Waals surface area contributed by atoms with E-state index in [0.29, 0.717) is 28.8 Å².